The van der Waals surface area contributed by atoms with Gasteiger partial charge in [0.15, 0.2) is 0 Å². The molecule has 1 unspecified atom stereocenters. The van der Waals surface area contributed by atoms with Crippen LogP contribution in [0.2, 0.25) is 5.02 Å². The molecule has 0 aromatic heterocycles. The van der Waals surface area contributed by atoms with Crippen LogP contribution in [0, 0.1) is 0 Å². The molecule has 0 aliphatic carbocycles. The number of carbonyl (C=O) groups excluding carboxylic acids is 3. The SMILES string of the molecule is CC(=O)N1CCN(C(=O)C(Cc2ccccc2)NC(=O)c2ccc(Cl)cc2)CC1. The molecule has 1 atom stereocenters. The molecule has 0 saturated carbocycles. The fourth-order valence-corrected chi connectivity index (χ4v) is 3.48. The number of amides is 3. The zero-order valence-electron chi connectivity index (χ0n) is 16.3. The van der Waals surface area contributed by atoms with Crippen molar-refractivity contribution >= 4 is 29.3 Å². The van der Waals surface area contributed by atoms with Crippen molar-refractivity contribution in [1.82, 2.24) is 15.1 Å². The van der Waals surface area contributed by atoms with Gasteiger partial charge in [0, 0.05) is 50.1 Å². The lowest BCUT2D eigenvalue weighted by Crippen LogP contribution is -2.56. The number of piperazine rings is 1. The topological polar surface area (TPSA) is 69.7 Å². The van der Waals surface area contributed by atoms with Crippen LogP contribution in [-0.4, -0.2) is 59.7 Å². The van der Waals surface area contributed by atoms with E-state index in [2.05, 4.69) is 5.32 Å². The first-order valence-electron chi connectivity index (χ1n) is 9.58. The molecule has 0 spiro atoms. The molecule has 1 N–H and O–H groups in total. The molecular formula is C22H24ClN3O3. The molecule has 29 heavy (non-hydrogen) atoms. The molecule has 152 valence electrons. The van der Waals surface area contributed by atoms with Gasteiger partial charge in [-0.05, 0) is 29.8 Å². The van der Waals surface area contributed by atoms with Crippen molar-refractivity contribution in [3.8, 4) is 0 Å². The smallest absolute Gasteiger partial charge is 0.251 e. The lowest BCUT2D eigenvalue weighted by atomic mass is 10.0. The summed E-state index contributed by atoms with van der Waals surface area (Å²) >= 11 is 5.89. The molecule has 7 heteroatoms. The Labute approximate surface area is 175 Å². The Bertz CT molecular complexity index is 863. The Morgan fingerprint density at radius 2 is 1.52 bits per heavy atom. The van der Waals surface area contributed by atoms with Gasteiger partial charge in [0.1, 0.15) is 6.04 Å². The van der Waals surface area contributed by atoms with E-state index < -0.39 is 6.04 Å². The fraction of sp³-hybridized carbons (Fsp3) is 0.318. The highest BCUT2D eigenvalue weighted by Gasteiger charge is 2.29. The predicted octanol–water partition coefficient (Wildman–Crippen LogP) is 2.37. The molecule has 1 heterocycles. The van der Waals surface area contributed by atoms with Crippen LogP contribution >= 0.6 is 11.6 Å². The second kappa shape index (κ2) is 9.56. The highest BCUT2D eigenvalue weighted by molar-refractivity contribution is 6.30. The van der Waals surface area contributed by atoms with Crippen LogP contribution in [0.5, 0.6) is 0 Å². The van der Waals surface area contributed by atoms with Crippen molar-refractivity contribution in [1.29, 1.82) is 0 Å². The maximum absolute atomic E-state index is 13.2. The molecule has 3 amide bonds. The molecule has 3 rings (SSSR count). The third-order valence-electron chi connectivity index (χ3n) is 5.03. The van der Waals surface area contributed by atoms with Crippen LogP contribution in [0.3, 0.4) is 0 Å². The number of hydrogen-bond acceptors (Lipinski definition) is 3. The monoisotopic (exact) mass is 413 g/mol. The Hall–Kier alpha value is -2.86. The lowest BCUT2D eigenvalue weighted by Gasteiger charge is -2.36. The van der Waals surface area contributed by atoms with Crippen LogP contribution in [0.1, 0.15) is 22.8 Å². The van der Waals surface area contributed by atoms with E-state index in [9.17, 15) is 14.4 Å². The van der Waals surface area contributed by atoms with E-state index >= 15 is 0 Å². The van der Waals surface area contributed by atoms with Crippen LogP contribution < -0.4 is 5.32 Å². The number of carbonyl (C=O) groups is 3. The molecule has 2 aromatic carbocycles. The molecule has 0 bridgehead atoms. The van der Waals surface area contributed by atoms with Crippen LogP contribution in [0.4, 0.5) is 0 Å². The van der Waals surface area contributed by atoms with E-state index in [0.29, 0.717) is 43.2 Å². The van der Waals surface area contributed by atoms with Gasteiger partial charge in [0.2, 0.25) is 11.8 Å². The number of nitrogens with one attached hydrogen (secondary N) is 1. The third kappa shape index (κ3) is 5.57. The number of benzene rings is 2. The maximum atomic E-state index is 13.2. The first kappa shape index (κ1) is 20.9. The summed E-state index contributed by atoms with van der Waals surface area (Å²) in [6.07, 6.45) is 0.395. The fourth-order valence-electron chi connectivity index (χ4n) is 3.35. The minimum Gasteiger partial charge on any atom is -0.340 e. The lowest BCUT2D eigenvalue weighted by molar-refractivity contribution is -0.139. The van der Waals surface area contributed by atoms with E-state index in [0.717, 1.165) is 5.56 Å². The summed E-state index contributed by atoms with van der Waals surface area (Å²) in [6.45, 7) is 3.46. The summed E-state index contributed by atoms with van der Waals surface area (Å²) in [5.74, 6) is -0.452. The third-order valence-corrected chi connectivity index (χ3v) is 5.28. The predicted molar refractivity (Wildman–Crippen MR) is 112 cm³/mol. The summed E-state index contributed by atoms with van der Waals surface area (Å²) in [6, 6.07) is 15.5. The largest absolute Gasteiger partial charge is 0.340 e. The highest BCUT2D eigenvalue weighted by atomic mass is 35.5. The molecular weight excluding hydrogens is 390 g/mol. The second-order valence-electron chi connectivity index (χ2n) is 7.05. The Morgan fingerprint density at radius 3 is 2.10 bits per heavy atom. The van der Waals surface area contributed by atoms with Gasteiger partial charge in [-0.1, -0.05) is 41.9 Å². The van der Waals surface area contributed by atoms with Gasteiger partial charge in [0.05, 0.1) is 0 Å². The van der Waals surface area contributed by atoms with Crippen LogP contribution in [-0.2, 0) is 16.0 Å². The Kier molecular flexibility index (Phi) is 6.88. The molecule has 1 aliphatic rings. The van der Waals surface area contributed by atoms with Gasteiger partial charge in [-0.25, -0.2) is 0 Å². The van der Waals surface area contributed by atoms with Gasteiger partial charge >= 0.3 is 0 Å². The van der Waals surface area contributed by atoms with Gasteiger partial charge in [-0.15, -0.1) is 0 Å². The summed E-state index contributed by atoms with van der Waals surface area (Å²) in [5.41, 5.74) is 1.41. The van der Waals surface area contributed by atoms with Crippen molar-refractivity contribution in [3.63, 3.8) is 0 Å². The average molecular weight is 414 g/mol. The van der Waals surface area contributed by atoms with E-state index in [-0.39, 0.29) is 17.7 Å². The molecule has 1 aliphatic heterocycles. The van der Waals surface area contributed by atoms with Gasteiger partial charge in [-0.3, -0.25) is 14.4 Å². The summed E-state index contributed by atoms with van der Waals surface area (Å²) < 4.78 is 0. The highest BCUT2D eigenvalue weighted by Crippen LogP contribution is 2.12. The molecule has 0 radical (unpaired) electrons. The van der Waals surface area contributed by atoms with Crippen molar-refractivity contribution < 1.29 is 14.4 Å². The Balaban J connectivity index is 1.73. The van der Waals surface area contributed by atoms with E-state index in [1.807, 2.05) is 30.3 Å². The zero-order valence-corrected chi connectivity index (χ0v) is 17.1. The number of halogens is 1. The van der Waals surface area contributed by atoms with E-state index in [1.54, 1.807) is 34.1 Å². The van der Waals surface area contributed by atoms with Crippen molar-refractivity contribution in [3.05, 3.63) is 70.7 Å². The molecule has 6 nitrogen and oxygen atoms in total. The summed E-state index contributed by atoms with van der Waals surface area (Å²) in [4.78, 5) is 40.9. The van der Waals surface area contributed by atoms with Gasteiger partial charge < -0.3 is 15.1 Å². The van der Waals surface area contributed by atoms with E-state index in [1.165, 1.54) is 6.92 Å². The van der Waals surface area contributed by atoms with Gasteiger partial charge in [0.25, 0.3) is 5.91 Å². The zero-order chi connectivity index (χ0) is 20.8. The summed E-state index contributed by atoms with van der Waals surface area (Å²) in [5, 5.41) is 3.42. The first-order valence-corrected chi connectivity index (χ1v) is 9.96. The molecule has 1 fully saturated rings. The van der Waals surface area contributed by atoms with Gasteiger partial charge in [-0.2, -0.15) is 0 Å². The maximum Gasteiger partial charge on any atom is 0.251 e. The Morgan fingerprint density at radius 1 is 0.931 bits per heavy atom. The van der Waals surface area contributed by atoms with Crippen LogP contribution in [0.15, 0.2) is 54.6 Å². The van der Waals surface area contributed by atoms with Crippen molar-refractivity contribution in [2.75, 3.05) is 26.2 Å². The quantitative estimate of drug-likeness (QED) is 0.818. The molecule has 2 aromatic rings. The normalized spacial score (nSPS) is 15.0. The second-order valence-corrected chi connectivity index (χ2v) is 7.49. The van der Waals surface area contributed by atoms with Crippen molar-refractivity contribution in [2.45, 2.75) is 19.4 Å². The number of hydrogen-bond donors (Lipinski definition) is 1. The number of nitrogens with zero attached hydrogens (tertiary/aromatic N) is 2. The van der Waals surface area contributed by atoms with Crippen LogP contribution in [0.25, 0.3) is 0 Å². The summed E-state index contributed by atoms with van der Waals surface area (Å²) in [7, 11) is 0. The number of rotatable bonds is 5. The average Bonchev–Trinajstić information content (AvgIpc) is 2.74. The first-order chi connectivity index (χ1) is 13.9. The minimum absolute atomic E-state index is 0.00831. The standard InChI is InChI=1S/C22H24ClN3O3/c1-16(27)25-11-13-26(14-12-25)22(29)20(15-17-5-3-2-4-6-17)24-21(28)18-7-9-19(23)10-8-18/h2-10,20H,11-15H2,1H3,(H,24,28). The molecule has 1 saturated heterocycles. The van der Waals surface area contributed by atoms with E-state index in [4.69, 9.17) is 11.6 Å². The minimum atomic E-state index is -0.690. The van der Waals surface area contributed by atoms with Crippen molar-refractivity contribution in [2.24, 2.45) is 0 Å².